The Morgan fingerprint density at radius 2 is 0.423 bits per heavy atom. The van der Waals surface area contributed by atoms with Crippen molar-refractivity contribution in [3.8, 4) is 0 Å². The third-order valence-electron chi connectivity index (χ3n) is 16.2. The molecule has 460 valence electrons. The predicted octanol–water partition coefficient (Wildman–Crippen LogP) is 24.2. The van der Waals surface area contributed by atoms with Crippen LogP contribution in [0.15, 0.2) is 24.3 Å². The van der Waals surface area contributed by atoms with Gasteiger partial charge < -0.3 is 14.2 Å². The molecule has 6 nitrogen and oxygen atoms in total. The van der Waals surface area contributed by atoms with Crippen LogP contribution in [0.1, 0.15) is 400 Å². The van der Waals surface area contributed by atoms with Crippen molar-refractivity contribution in [2.24, 2.45) is 0 Å². The van der Waals surface area contributed by atoms with Crippen LogP contribution in [0, 0.1) is 0 Å². The summed E-state index contributed by atoms with van der Waals surface area (Å²) in [7, 11) is 0. The SMILES string of the molecule is CCCCCC/C=C\CCCCCCCC(=O)OCC(COC(=O)CCCCCCCCCCCCCCCCCCCCCCCCCC)OC(=O)CCCCCCCCCCCCC/C=C\CCCCCCCCCC. The van der Waals surface area contributed by atoms with E-state index in [1.807, 2.05) is 0 Å². The van der Waals surface area contributed by atoms with E-state index >= 15 is 0 Å². The molecule has 6 heteroatoms. The van der Waals surface area contributed by atoms with Gasteiger partial charge in [0.15, 0.2) is 6.10 Å². The molecule has 0 N–H and O–H groups in total. The van der Waals surface area contributed by atoms with Gasteiger partial charge >= 0.3 is 17.9 Å². The fourth-order valence-corrected chi connectivity index (χ4v) is 10.8. The topological polar surface area (TPSA) is 78.9 Å². The summed E-state index contributed by atoms with van der Waals surface area (Å²) in [5.41, 5.74) is 0. The summed E-state index contributed by atoms with van der Waals surface area (Å²) < 4.78 is 17.0. The highest BCUT2D eigenvalue weighted by molar-refractivity contribution is 5.71. The first kappa shape index (κ1) is 75.9. The van der Waals surface area contributed by atoms with E-state index in [1.54, 1.807) is 0 Å². The third-order valence-corrected chi connectivity index (χ3v) is 16.2. The molecule has 0 aromatic rings. The molecule has 0 fully saturated rings. The van der Waals surface area contributed by atoms with Gasteiger partial charge in [0.2, 0.25) is 0 Å². The third kappa shape index (κ3) is 64.7. The van der Waals surface area contributed by atoms with Crippen LogP contribution < -0.4 is 0 Å². The maximum Gasteiger partial charge on any atom is 0.306 e. The molecule has 1 atom stereocenters. The van der Waals surface area contributed by atoms with E-state index < -0.39 is 6.10 Å². The van der Waals surface area contributed by atoms with Gasteiger partial charge in [0, 0.05) is 19.3 Å². The highest BCUT2D eigenvalue weighted by Gasteiger charge is 2.19. The molecular weight excluding hydrogens is 961 g/mol. The Morgan fingerprint density at radius 1 is 0.244 bits per heavy atom. The van der Waals surface area contributed by atoms with Crippen molar-refractivity contribution in [3.05, 3.63) is 24.3 Å². The number of rotatable bonds is 66. The molecule has 0 amide bonds. The van der Waals surface area contributed by atoms with Gasteiger partial charge in [-0.2, -0.15) is 0 Å². The monoisotopic (exact) mass is 1100 g/mol. The Labute approximate surface area is 487 Å². The highest BCUT2D eigenvalue weighted by Crippen LogP contribution is 2.19. The van der Waals surface area contributed by atoms with Gasteiger partial charge in [-0.05, 0) is 70.6 Å². The lowest BCUT2D eigenvalue weighted by atomic mass is 10.0. The second-order valence-electron chi connectivity index (χ2n) is 24.1. The first-order valence-electron chi connectivity index (χ1n) is 35.3. The van der Waals surface area contributed by atoms with Crippen molar-refractivity contribution < 1.29 is 28.6 Å². The van der Waals surface area contributed by atoms with E-state index in [0.717, 1.165) is 64.2 Å². The van der Waals surface area contributed by atoms with Crippen molar-refractivity contribution in [1.82, 2.24) is 0 Å². The van der Waals surface area contributed by atoms with Gasteiger partial charge in [0.1, 0.15) is 13.2 Å². The summed E-state index contributed by atoms with van der Waals surface area (Å²) in [5.74, 6) is -0.848. The summed E-state index contributed by atoms with van der Waals surface area (Å²) in [6.07, 6.45) is 82.1. The summed E-state index contributed by atoms with van der Waals surface area (Å²) in [5, 5.41) is 0. The van der Waals surface area contributed by atoms with E-state index in [-0.39, 0.29) is 31.1 Å². The molecule has 0 spiro atoms. The molecule has 0 aliphatic carbocycles. The fraction of sp³-hybridized carbons (Fsp3) is 0.903. The van der Waals surface area contributed by atoms with Crippen LogP contribution in [0.25, 0.3) is 0 Å². The van der Waals surface area contributed by atoms with Crippen LogP contribution >= 0.6 is 0 Å². The lowest BCUT2D eigenvalue weighted by Crippen LogP contribution is -2.30. The molecule has 0 saturated carbocycles. The van der Waals surface area contributed by atoms with E-state index in [1.165, 1.54) is 295 Å². The number of ether oxygens (including phenoxy) is 3. The predicted molar refractivity (Wildman–Crippen MR) is 340 cm³/mol. The molecule has 0 aromatic heterocycles. The van der Waals surface area contributed by atoms with Crippen molar-refractivity contribution in [3.63, 3.8) is 0 Å². The van der Waals surface area contributed by atoms with Crippen LogP contribution in [0.2, 0.25) is 0 Å². The maximum absolute atomic E-state index is 12.9. The molecule has 0 heterocycles. The number of esters is 3. The van der Waals surface area contributed by atoms with Gasteiger partial charge in [-0.15, -0.1) is 0 Å². The van der Waals surface area contributed by atoms with Gasteiger partial charge in [-0.1, -0.05) is 334 Å². The quantitative estimate of drug-likeness (QED) is 0.0261. The highest BCUT2D eigenvalue weighted by atomic mass is 16.6. The van der Waals surface area contributed by atoms with Crippen molar-refractivity contribution >= 4 is 17.9 Å². The summed E-state index contributed by atoms with van der Waals surface area (Å²) in [6.45, 7) is 6.70. The van der Waals surface area contributed by atoms with Crippen molar-refractivity contribution in [2.75, 3.05) is 13.2 Å². The van der Waals surface area contributed by atoms with Crippen LogP contribution in [0.5, 0.6) is 0 Å². The maximum atomic E-state index is 12.9. The van der Waals surface area contributed by atoms with E-state index in [9.17, 15) is 14.4 Å². The molecule has 1 unspecified atom stereocenters. The van der Waals surface area contributed by atoms with E-state index in [0.29, 0.717) is 19.3 Å². The lowest BCUT2D eigenvalue weighted by Gasteiger charge is -2.18. The second-order valence-corrected chi connectivity index (χ2v) is 24.1. The molecular formula is C72H136O6. The Hall–Kier alpha value is -2.11. The molecule has 0 aliphatic rings. The number of carbonyl (C=O) groups is 3. The first-order chi connectivity index (χ1) is 38.5. The average Bonchev–Trinajstić information content (AvgIpc) is 3.44. The van der Waals surface area contributed by atoms with Gasteiger partial charge in [-0.3, -0.25) is 14.4 Å². The zero-order chi connectivity index (χ0) is 56.4. The summed E-state index contributed by atoms with van der Waals surface area (Å²) in [6, 6.07) is 0. The Bertz CT molecular complexity index is 1260. The number of carbonyl (C=O) groups excluding carboxylic acids is 3. The van der Waals surface area contributed by atoms with Crippen LogP contribution in [-0.2, 0) is 28.6 Å². The average molecular weight is 1100 g/mol. The Morgan fingerprint density at radius 3 is 0.654 bits per heavy atom. The fourth-order valence-electron chi connectivity index (χ4n) is 10.8. The second kappa shape index (κ2) is 67.4. The van der Waals surface area contributed by atoms with Crippen molar-refractivity contribution in [1.29, 1.82) is 0 Å². The van der Waals surface area contributed by atoms with Crippen LogP contribution in [-0.4, -0.2) is 37.2 Å². The smallest absolute Gasteiger partial charge is 0.306 e. The first-order valence-corrected chi connectivity index (χ1v) is 35.3. The minimum atomic E-state index is -0.773. The number of hydrogen-bond donors (Lipinski definition) is 0. The Kier molecular flexibility index (Phi) is 65.6. The van der Waals surface area contributed by atoms with Gasteiger partial charge in [0.25, 0.3) is 0 Å². The molecule has 0 aromatic carbocycles. The van der Waals surface area contributed by atoms with Crippen LogP contribution in [0.3, 0.4) is 0 Å². The largest absolute Gasteiger partial charge is 0.462 e. The standard InChI is InChI=1S/C72H136O6/c1-4-7-10-13-16-19-22-25-27-29-31-33-35-37-38-40-42-44-47-50-53-56-59-62-65-71(74)77-68-69(67-76-70(73)64-61-58-55-52-49-46-24-21-18-15-12-9-6-3)78-72(75)66-63-60-57-54-51-48-45-43-41-39-36-34-32-30-28-26-23-20-17-14-11-8-5-2/h21,24,30,32,69H,4-20,22-23,25-29,31,33-68H2,1-3H3/b24-21-,32-30-. The molecule has 0 radical (unpaired) electrons. The lowest BCUT2D eigenvalue weighted by molar-refractivity contribution is -0.167. The summed E-state index contributed by atoms with van der Waals surface area (Å²) >= 11 is 0. The Balaban J connectivity index is 4.23. The molecule has 0 saturated heterocycles. The summed E-state index contributed by atoms with van der Waals surface area (Å²) in [4.78, 5) is 38.4. The van der Waals surface area contributed by atoms with Crippen molar-refractivity contribution in [2.45, 2.75) is 406 Å². The number of allylic oxidation sites excluding steroid dienone is 4. The minimum Gasteiger partial charge on any atom is -0.462 e. The molecule has 78 heavy (non-hydrogen) atoms. The van der Waals surface area contributed by atoms with Crippen LogP contribution in [0.4, 0.5) is 0 Å². The zero-order valence-electron chi connectivity index (χ0n) is 53.0. The molecule has 0 aliphatic heterocycles. The minimum absolute atomic E-state index is 0.0686. The van der Waals surface area contributed by atoms with Gasteiger partial charge in [-0.25, -0.2) is 0 Å². The van der Waals surface area contributed by atoms with E-state index in [4.69, 9.17) is 14.2 Å². The molecule has 0 bridgehead atoms. The number of unbranched alkanes of at least 4 members (excludes halogenated alkanes) is 51. The number of hydrogen-bond acceptors (Lipinski definition) is 6. The normalized spacial score (nSPS) is 12.1. The molecule has 0 rings (SSSR count). The van der Waals surface area contributed by atoms with Gasteiger partial charge in [0.05, 0.1) is 0 Å². The zero-order valence-corrected chi connectivity index (χ0v) is 53.0. The van der Waals surface area contributed by atoms with E-state index in [2.05, 4.69) is 45.1 Å².